The van der Waals surface area contributed by atoms with Crippen LogP contribution in [-0.4, -0.2) is 32.7 Å². The van der Waals surface area contributed by atoms with Crippen molar-refractivity contribution in [2.24, 2.45) is 5.16 Å². The number of benzene rings is 2. The summed E-state index contributed by atoms with van der Waals surface area (Å²) in [6, 6.07) is 19.6. The maximum absolute atomic E-state index is 12.3. The third kappa shape index (κ3) is 4.20. The number of hydrogen-bond acceptors (Lipinski definition) is 5. The number of amides is 1. The van der Waals surface area contributed by atoms with E-state index in [-0.39, 0.29) is 5.91 Å². The van der Waals surface area contributed by atoms with Gasteiger partial charge in [-0.05, 0) is 17.7 Å². The number of nitrogens with zero attached hydrogens (tertiary/aromatic N) is 4. The van der Waals surface area contributed by atoms with Crippen molar-refractivity contribution in [3.8, 4) is 5.69 Å². The van der Waals surface area contributed by atoms with Crippen molar-refractivity contribution < 1.29 is 9.63 Å². The SMILES string of the molecule is O=C(NCc1cnn(-c2ccccc2)n1)C1CC(Cc2ccccc2)=NO1. The average Bonchev–Trinajstić information content (AvgIpc) is 3.37. The number of hydrogen-bond donors (Lipinski definition) is 1. The summed E-state index contributed by atoms with van der Waals surface area (Å²) in [4.78, 5) is 19.2. The Labute approximate surface area is 156 Å². The van der Waals surface area contributed by atoms with Crippen LogP contribution in [0, 0.1) is 0 Å². The van der Waals surface area contributed by atoms with Crippen LogP contribution in [-0.2, 0) is 22.6 Å². The predicted molar refractivity (Wildman–Crippen MR) is 100 cm³/mol. The summed E-state index contributed by atoms with van der Waals surface area (Å²) in [6.45, 7) is 0.291. The summed E-state index contributed by atoms with van der Waals surface area (Å²) < 4.78 is 0. The van der Waals surface area contributed by atoms with Gasteiger partial charge in [-0.2, -0.15) is 15.0 Å². The maximum Gasteiger partial charge on any atom is 0.264 e. The quantitative estimate of drug-likeness (QED) is 0.730. The van der Waals surface area contributed by atoms with Crippen molar-refractivity contribution in [3.63, 3.8) is 0 Å². The molecule has 27 heavy (non-hydrogen) atoms. The molecule has 1 amide bonds. The summed E-state index contributed by atoms with van der Waals surface area (Å²) in [6.07, 6.45) is 2.24. The van der Waals surface area contributed by atoms with Crippen LogP contribution >= 0.6 is 0 Å². The first-order chi connectivity index (χ1) is 13.3. The molecular formula is C20H19N5O2. The molecule has 1 unspecified atom stereocenters. The number of carbonyl (C=O) groups is 1. The van der Waals surface area contributed by atoms with Gasteiger partial charge in [-0.3, -0.25) is 4.79 Å². The molecule has 0 radical (unpaired) electrons. The molecule has 2 heterocycles. The lowest BCUT2D eigenvalue weighted by Gasteiger charge is -2.08. The second-order valence-electron chi connectivity index (χ2n) is 6.30. The Hall–Kier alpha value is -3.48. The van der Waals surface area contributed by atoms with Crippen molar-refractivity contribution in [3.05, 3.63) is 78.1 Å². The van der Waals surface area contributed by atoms with E-state index in [1.54, 1.807) is 6.20 Å². The van der Waals surface area contributed by atoms with Gasteiger partial charge < -0.3 is 10.2 Å². The molecule has 0 aliphatic carbocycles. The standard InChI is InChI=1S/C20H19N5O2/c26-20(19-12-16(24-27-19)11-15-7-3-1-4-8-15)21-13-17-14-22-25(23-17)18-9-5-2-6-10-18/h1-10,14,19H,11-13H2,(H,21,26). The maximum atomic E-state index is 12.3. The Bertz CT molecular complexity index is 937. The van der Waals surface area contributed by atoms with Gasteiger partial charge in [0.15, 0.2) is 0 Å². The Balaban J connectivity index is 1.28. The summed E-state index contributed by atoms with van der Waals surface area (Å²) in [5.41, 5.74) is 3.57. The fourth-order valence-electron chi connectivity index (χ4n) is 2.86. The molecule has 2 aromatic carbocycles. The molecule has 0 saturated heterocycles. The van der Waals surface area contributed by atoms with Crippen LogP contribution in [0.3, 0.4) is 0 Å². The van der Waals surface area contributed by atoms with Crippen molar-refractivity contribution >= 4 is 11.6 Å². The van der Waals surface area contributed by atoms with E-state index in [0.29, 0.717) is 25.1 Å². The number of para-hydroxylation sites is 1. The van der Waals surface area contributed by atoms with Crippen molar-refractivity contribution in [2.75, 3.05) is 0 Å². The number of aromatic nitrogens is 3. The summed E-state index contributed by atoms with van der Waals surface area (Å²) in [5.74, 6) is -0.198. The van der Waals surface area contributed by atoms with Gasteiger partial charge in [-0.15, -0.1) is 0 Å². The zero-order chi connectivity index (χ0) is 18.5. The number of carbonyl (C=O) groups excluding carboxylic acids is 1. The number of rotatable bonds is 6. The third-order valence-corrected chi connectivity index (χ3v) is 4.24. The molecule has 7 heteroatoms. The van der Waals surface area contributed by atoms with Crippen LogP contribution in [0.15, 0.2) is 72.0 Å². The fourth-order valence-corrected chi connectivity index (χ4v) is 2.86. The van der Waals surface area contributed by atoms with E-state index in [1.165, 1.54) is 4.80 Å². The van der Waals surface area contributed by atoms with E-state index in [2.05, 4.69) is 20.7 Å². The molecule has 7 nitrogen and oxygen atoms in total. The zero-order valence-electron chi connectivity index (χ0n) is 14.7. The minimum atomic E-state index is -0.590. The molecule has 1 N–H and O–H groups in total. The number of oxime groups is 1. The molecule has 4 rings (SSSR count). The molecule has 0 bridgehead atoms. The Kier molecular flexibility index (Phi) is 4.91. The normalized spacial score (nSPS) is 15.9. The minimum Gasteiger partial charge on any atom is -0.382 e. The van der Waals surface area contributed by atoms with Crippen LogP contribution in [0.2, 0.25) is 0 Å². The smallest absolute Gasteiger partial charge is 0.264 e. The summed E-state index contributed by atoms with van der Waals surface area (Å²) in [7, 11) is 0. The second-order valence-corrected chi connectivity index (χ2v) is 6.30. The van der Waals surface area contributed by atoms with Crippen LogP contribution in [0.5, 0.6) is 0 Å². The monoisotopic (exact) mass is 361 g/mol. The highest BCUT2D eigenvalue weighted by Gasteiger charge is 2.28. The zero-order valence-corrected chi connectivity index (χ0v) is 14.7. The van der Waals surface area contributed by atoms with Gasteiger partial charge in [0.25, 0.3) is 5.91 Å². The molecule has 3 aromatic rings. The van der Waals surface area contributed by atoms with Gasteiger partial charge >= 0.3 is 0 Å². The lowest BCUT2D eigenvalue weighted by Crippen LogP contribution is -2.34. The highest BCUT2D eigenvalue weighted by atomic mass is 16.6. The van der Waals surface area contributed by atoms with E-state index in [4.69, 9.17) is 4.84 Å². The second kappa shape index (κ2) is 7.82. The Morgan fingerprint density at radius 3 is 2.63 bits per heavy atom. The van der Waals surface area contributed by atoms with Gasteiger partial charge in [-0.1, -0.05) is 53.7 Å². The van der Waals surface area contributed by atoms with Crippen LogP contribution in [0.4, 0.5) is 0 Å². The topological polar surface area (TPSA) is 81.4 Å². The average molecular weight is 361 g/mol. The molecule has 136 valence electrons. The highest BCUT2D eigenvalue weighted by Crippen LogP contribution is 2.15. The van der Waals surface area contributed by atoms with Crippen LogP contribution < -0.4 is 5.32 Å². The van der Waals surface area contributed by atoms with E-state index in [0.717, 1.165) is 17.0 Å². The van der Waals surface area contributed by atoms with Crippen molar-refractivity contribution in [1.82, 2.24) is 20.3 Å². The molecular weight excluding hydrogens is 342 g/mol. The first-order valence-corrected chi connectivity index (χ1v) is 8.78. The van der Waals surface area contributed by atoms with Crippen molar-refractivity contribution in [2.45, 2.75) is 25.5 Å². The van der Waals surface area contributed by atoms with Crippen molar-refractivity contribution in [1.29, 1.82) is 0 Å². The molecule has 0 spiro atoms. The van der Waals surface area contributed by atoms with Crippen LogP contribution in [0.25, 0.3) is 5.69 Å². The molecule has 1 aromatic heterocycles. The highest BCUT2D eigenvalue weighted by molar-refractivity contribution is 5.93. The van der Waals surface area contributed by atoms with Gasteiger partial charge in [0, 0.05) is 12.8 Å². The Morgan fingerprint density at radius 2 is 1.85 bits per heavy atom. The summed E-state index contributed by atoms with van der Waals surface area (Å²) >= 11 is 0. The first-order valence-electron chi connectivity index (χ1n) is 8.78. The van der Waals surface area contributed by atoms with E-state index >= 15 is 0 Å². The predicted octanol–water partition coefficient (Wildman–Crippen LogP) is 2.27. The largest absolute Gasteiger partial charge is 0.382 e. The third-order valence-electron chi connectivity index (χ3n) is 4.24. The van der Waals surface area contributed by atoms with E-state index in [1.807, 2.05) is 60.7 Å². The van der Waals surface area contributed by atoms with E-state index < -0.39 is 6.10 Å². The van der Waals surface area contributed by atoms with Crippen LogP contribution in [0.1, 0.15) is 17.7 Å². The lowest BCUT2D eigenvalue weighted by molar-refractivity contribution is -0.131. The van der Waals surface area contributed by atoms with Gasteiger partial charge in [-0.25, -0.2) is 0 Å². The minimum absolute atomic E-state index is 0.198. The van der Waals surface area contributed by atoms with Gasteiger partial charge in [0.2, 0.25) is 6.10 Å². The molecule has 1 aliphatic heterocycles. The summed E-state index contributed by atoms with van der Waals surface area (Å²) in [5, 5.41) is 15.5. The first kappa shape index (κ1) is 17.0. The molecule has 0 fully saturated rings. The molecule has 0 saturated carbocycles. The van der Waals surface area contributed by atoms with Gasteiger partial charge in [0.05, 0.1) is 24.1 Å². The fraction of sp³-hybridized carbons (Fsp3) is 0.200. The van der Waals surface area contributed by atoms with E-state index in [9.17, 15) is 4.79 Å². The lowest BCUT2D eigenvalue weighted by atomic mass is 10.0. The molecule has 1 aliphatic rings. The number of nitrogens with one attached hydrogen (secondary N) is 1. The Morgan fingerprint density at radius 1 is 1.11 bits per heavy atom. The van der Waals surface area contributed by atoms with Gasteiger partial charge in [0.1, 0.15) is 5.69 Å². The molecule has 1 atom stereocenters.